The van der Waals surface area contributed by atoms with Crippen LogP contribution in [0.5, 0.6) is 0 Å². The Kier molecular flexibility index (Phi) is 3.70. The van der Waals surface area contributed by atoms with Gasteiger partial charge in [-0.25, -0.2) is 0 Å². The third-order valence-electron chi connectivity index (χ3n) is 3.30. The molecule has 1 N–H and O–H groups in total. The summed E-state index contributed by atoms with van der Waals surface area (Å²) in [5.74, 6) is 0.424. The maximum atomic E-state index is 10.3. The number of aromatic nitrogens is 2. The van der Waals surface area contributed by atoms with Crippen molar-refractivity contribution in [2.24, 2.45) is 5.92 Å². The Bertz CT molecular complexity index is 305. The van der Waals surface area contributed by atoms with Gasteiger partial charge in [-0.3, -0.25) is 0 Å². The van der Waals surface area contributed by atoms with Gasteiger partial charge in [0, 0.05) is 0 Å². The van der Waals surface area contributed by atoms with Crippen molar-refractivity contribution in [3.63, 3.8) is 0 Å². The summed E-state index contributed by atoms with van der Waals surface area (Å²) in [6.07, 6.45) is 7.13. The number of aliphatic hydroxyl groups excluding tert-OH is 1. The number of hydrogen-bond donors (Lipinski definition) is 1. The third-order valence-corrected chi connectivity index (χ3v) is 4.20. The highest BCUT2D eigenvalue weighted by molar-refractivity contribution is 7.05. The summed E-state index contributed by atoms with van der Waals surface area (Å²) < 4.78 is 3.89. The minimum absolute atomic E-state index is 0.330. The molecule has 0 bridgehead atoms. The average molecular weight is 226 g/mol. The fraction of sp³-hybridized carbons (Fsp3) is 0.818. The van der Waals surface area contributed by atoms with Gasteiger partial charge in [0.05, 0.1) is 16.7 Å². The van der Waals surface area contributed by atoms with Gasteiger partial charge in [-0.2, -0.15) is 0 Å². The van der Waals surface area contributed by atoms with Crippen LogP contribution in [0, 0.1) is 12.8 Å². The van der Waals surface area contributed by atoms with Gasteiger partial charge in [0.1, 0.15) is 0 Å². The SMILES string of the molecule is Cc1nnsc1C(O)C1CCCCCC1. The second kappa shape index (κ2) is 5.03. The van der Waals surface area contributed by atoms with Crippen LogP contribution in [-0.4, -0.2) is 14.7 Å². The molecule has 1 heterocycles. The molecule has 1 aliphatic rings. The Morgan fingerprint density at radius 1 is 1.27 bits per heavy atom. The highest BCUT2D eigenvalue weighted by atomic mass is 32.1. The van der Waals surface area contributed by atoms with Crippen LogP contribution in [0.4, 0.5) is 0 Å². The van der Waals surface area contributed by atoms with Crippen LogP contribution >= 0.6 is 11.5 Å². The minimum atomic E-state index is -0.330. The average Bonchev–Trinajstić information content (AvgIpc) is 2.53. The summed E-state index contributed by atoms with van der Waals surface area (Å²) >= 11 is 1.35. The van der Waals surface area contributed by atoms with Crippen molar-refractivity contribution in [1.82, 2.24) is 9.59 Å². The zero-order chi connectivity index (χ0) is 10.7. The predicted octanol–water partition coefficient (Wildman–Crippen LogP) is 2.85. The lowest BCUT2D eigenvalue weighted by molar-refractivity contribution is 0.101. The zero-order valence-electron chi connectivity index (χ0n) is 9.15. The van der Waals surface area contributed by atoms with E-state index < -0.39 is 0 Å². The van der Waals surface area contributed by atoms with E-state index in [1.807, 2.05) is 6.92 Å². The second-order valence-electron chi connectivity index (χ2n) is 4.42. The molecule has 0 aromatic carbocycles. The molecular weight excluding hydrogens is 208 g/mol. The van der Waals surface area contributed by atoms with Crippen molar-refractivity contribution < 1.29 is 5.11 Å². The molecule has 2 rings (SSSR count). The molecule has 1 aromatic heterocycles. The number of aryl methyl sites for hydroxylation is 1. The summed E-state index contributed by atoms with van der Waals surface area (Å²) in [6, 6.07) is 0. The molecule has 1 unspecified atom stereocenters. The normalized spacial score (nSPS) is 21.2. The topological polar surface area (TPSA) is 46.0 Å². The minimum Gasteiger partial charge on any atom is -0.387 e. The molecule has 3 nitrogen and oxygen atoms in total. The van der Waals surface area contributed by atoms with Crippen LogP contribution in [-0.2, 0) is 0 Å². The highest BCUT2D eigenvalue weighted by Gasteiger charge is 2.25. The summed E-state index contributed by atoms with van der Waals surface area (Å²) in [6.45, 7) is 1.93. The van der Waals surface area contributed by atoms with Crippen LogP contribution in [0.2, 0.25) is 0 Å². The molecule has 0 amide bonds. The van der Waals surface area contributed by atoms with Gasteiger partial charge in [-0.05, 0) is 37.2 Å². The summed E-state index contributed by atoms with van der Waals surface area (Å²) in [5, 5.41) is 14.2. The largest absolute Gasteiger partial charge is 0.387 e. The van der Waals surface area contributed by atoms with Gasteiger partial charge in [0.25, 0.3) is 0 Å². The van der Waals surface area contributed by atoms with Gasteiger partial charge < -0.3 is 5.11 Å². The summed E-state index contributed by atoms with van der Waals surface area (Å²) in [7, 11) is 0. The lowest BCUT2D eigenvalue weighted by Crippen LogP contribution is -2.11. The second-order valence-corrected chi connectivity index (χ2v) is 5.20. The lowest BCUT2D eigenvalue weighted by atomic mass is 9.92. The van der Waals surface area contributed by atoms with Crippen molar-refractivity contribution in [3.05, 3.63) is 10.6 Å². The molecule has 1 atom stereocenters. The van der Waals surface area contributed by atoms with Gasteiger partial charge in [0.15, 0.2) is 0 Å². The molecule has 84 valence electrons. The van der Waals surface area contributed by atoms with Crippen molar-refractivity contribution in [2.45, 2.75) is 51.6 Å². The Labute approximate surface area is 94.7 Å². The van der Waals surface area contributed by atoms with E-state index in [1.165, 1.54) is 37.2 Å². The predicted molar refractivity (Wildman–Crippen MR) is 60.8 cm³/mol. The number of aliphatic hydroxyl groups is 1. The van der Waals surface area contributed by atoms with Gasteiger partial charge in [0.2, 0.25) is 0 Å². The van der Waals surface area contributed by atoms with E-state index in [2.05, 4.69) is 9.59 Å². The smallest absolute Gasteiger partial charge is 0.0945 e. The molecule has 1 fully saturated rings. The molecular formula is C11H18N2OS. The molecule has 0 aliphatic heterocycles. The van der Waals surface area contributed by atoms with Crippen LogP contribution in [0.1, 0.15) is 55.2 Å². The fourth-order valence-corrected chi connectivity index (χ4v) is 3.07. The first kappa shape index (κ1) is 11.0. The number of rotatable bonds is 2. The molecule has 1 aliphatic carbocycles. The van der Waals surface area contributed by atoms with E-state index in [9.17, 15) is 5.11 Å². The molecule has 15 heavy (non-hydrogen) atoms. The standard InChI is InChI=1S/C11H18N2OS/c1-8-11(15-13-12-8)10(14)9-6-4-2-3-5-7-9/h9-10,14H,2-7H2,1H3. The van der Waals surface area contributed by atoms with E-state index in [4.69, 9.17) is 0 Å². The monoisotopic (exact) mass is 226 g/mol. The van der Waals surface area contributed by atoms with Crippen molar-refractivity contribution in [3.8, 4) is 0 Å². The number of nitrogens with zero attached hydrogens (tertiary/aromatic N) is 2. The fourth-order valence-electron chi connectivity index (χ4n) is 2.35. The molecule has 0 saturated heterocycles. The van der Waals surface area contributed by atoms with Crippen molar-refractivity contribution in [1.29, 1.82) is 0 Å². The van der Waals surface area contributed by atoms with Crippen LogP contribution in [0.3, 0.4) is 0 Å². The first-order valence-corrected chi connectivity index (χ1v) is 6.53. The quantitative estimate of drug-likeness (QED) is 0.789. The molecule has 4 heteroatoms. The van der Waals surface area contributed by atoms with Crippen molar-refractivity contribution in [2.75, 3.05) is 0 Å². The summed E-state index contributed by atoms with van der Waals surface area (Å²) in [5.41, 5.74) is 0.900. The Balaban J connectivity index is 2.06. The molecule has 1 saturated carbocycles. The zero-order valence-corrected chi connectivity index (χ0v) is 9.96. The van der Waals surface area contributed by atoms with Gasteiger partial charge in [-0.15, -0.1) is 5.10 Å². The highest BCUT2D eigenvalue weighted by Crippen LogP contribution is 2.35. The first-order valence-electron chi connectivity index (χ1n) is 5.76. The maximum absolute atomic E-state index is 10.3. The third kappa shape index (κ3) is 2.55. The van der Waals surface area contributed by atoms with Crippen LogP contribution in [0.25, 0.3) is 0 Å². The molecule has 0 spiro atoms. The Hall–Kier alpha value is -0.480. The molecule has 0 radical (unpaired) electrons. The number of hydrogen-bond acceptors (Lipinski definition) is 4. The Morgan fingerprint density at radius 3 is 2.47 bits per heavy atom. The van der Waals surface area contributed by atoms with E-state index in [0.29, 0.717) is 5.92 Å². The molecule has 1 aromatic rings. The summed E-state index contributed by atoms with van der Waals surface area (Å²) in [4.78, 5) is 0.974. The lowest BCUT2D eigenvalue weighted by Gasteiger charge is -2.19. The Morgan fingerprint density at radius 2 is 1.93 bits per heavy atom. The van der Waals surface area contributed by atoms with Gasteiger partial charge in [-0.1, -0.05) is 30.2 Å². The maximum Gasteiger partial charge on any atom is 0.0945 e. The van der Waals surface area contributed by atoms with Crippen LogP contribution < -0.4 is 0 Å². The van der Waals surface area contributed by atoms with E-state index in [-0.39, 0.29) is 6.10 Å². The van der Waals surface area contributed by atoms with E-state index in [1.54, 1.807) is 0 Å². The van der Waals surface area contributed by atoms with Crippen molar-refractivity contribution >= 4 is 11.5 Å². The van der Waals surface area contributed by atoms with E-state index in [0.717, 1.165) is 23.4 Å². The van der Waals surface area contributed by atoms with E-state index >= 15 is 0 Å². The first-order chi connectivity index (χ1) is 7.29. The van der Waals surface area contributed by atoms with Gasteiger partial charge >= 0.3 is 0 Å². The van der Waals surface area contributed by atoms with Crippen LogP contribution in [0.15, 0.2) is 0 Å².